The number of hydrogen-bond donors (Lipinski definition) is 1. The summed E-state index contributed by atoms with van der Waals surface area (Å²) < 4.78 is 11.5. The van der Waals surface area contributed by atoms with Gasteiger partial charge < -0.3 is 19.5 Å². The van der Waals surface area contributed by atoms with Crippen LogP contribution in [0.5, 0.6) is 11.5 Å². The molecule has 2 aromatic rings. The van der Waals surface area contributed by atoms with Crippen LogP contribution in [-0.2, 0) is 9.59 Å². The van der Waals surface area contributed by atoms with Crippen molar-refractivity contribution < 1.29 is 24.2 Å². The van der Waals surface area contributed by atoms with E-state index in [0.29, 0.717) is 30.2 Å². The molecule has 1 heterocycles. The number of carbonyl (C=O) groups excluding carboxylic acids is 2. The van der Waals surface area contributed by atoms with Gasteiger partial charge in [0.25, 0.3) is 11.7 Å². The summed E-state index contributed by atoms with van der Waals surface area (Å²) in [5, 5.41) is 11.3. The maximum absolute atomic E-state index is 13.2. The molecule has 36 heavy (non-hydrogen) atoms. The average molecular weight is 494 g/mol. The zero-order valence-electron chi connectivity index (χ0n) is 22.0. The molecular weight excluding hydrogens is 454 g/mol. The van der Waals surface area contributed by atoms with Gasteiger partial charge in [0.2, 0.25) is 0 Å². The van der Waals surface area contributed by atoms with Crippen molar-refractivity contribution in [1.29, 1.82) is 0 Å². The topological polar surface area (TPSA) is 76.1 Å². The van der Waals surface area contributed by atoms with Gasteiger partial charge in [-0.1, -0.05) is 51.7 Å². The normalized spacial score (nSPS) is 17.1. The van der Waals surface area contributed by atoms with E-state index in [9.17, 15) is 14.7 Å². The van der Waals surface area contributed by atoms with E-state index in [1.807, 2.05) is 38.1 Å². The third-order valence-corrected chi connectivity index (χ3v) is 6.25. The van der Waals surface area contributed by atoms with E-state index in [4.69, 9.17) is 9.47 Å². The Morgan fingerprint density at radius 2 is 1.50 bits per heavy atom. The van der Waals surface area contributed by atoms with Crippen LogP contribution >= 0.6 is 0 Å². The van der Waals surface area contributed by atoms with E-state index in [-0.39, 0.29) is 17.4 Å². The minimum absolute atomic E-state index is 0.0362. The zero-order chi connectivity index (χ0) is 26.1. The van der Waals surface area contributed by atoms with Crippen LogP contribution in [0.1, 0.15) is 83.4 Å². The van der Waals surface area contributed by atoms with Gasteiger partial charge in [-0.3, -0.25) is 9.59 Å². The van der Waals surface area contributed by atoms with Crippen LogP contribution in [0.2, 0.25) is 0 Å². The highest BCUT2D eigenvalue weighted by Gasteiger charge is 2.45. The molecule has 0 bridgehead atoms. The third kappa shape index (κ3) is 6.68. The molecule has 1 N–H and O–H groups in total. The second-order valence-electron chi connectivity index (χ2n) is 9.52. The predicted octanol–water partition coefficient (Wildman–Crippen LogP) is 6.65. The van der Waals surface area contributed by atoms with Gasteiger partial charge in [-0.2, -0.15) is 0 Å². The molecule has 6 nitrogen and oxygen atoms in total. The fourth-order valence-corrected chi connectivity index (χ4v) is 4.40. The summed E-state index contributed by atoms with van der Waals surface area (Å²) >= 11 is 0. The first-order valence-corrected chi connectivity index (χ1v) is 13.2. The Balaban J connectivity index is 1.94. The highest BCUT2D eigenvalue weighted by atomic mass is 16.5. The van der Waals surface area contributed by atoms with Crippen LogP contribution in [0.4, 0.5) is 0 Å². The molecule has 0 spiro atoms. The monoisotopic (exact) mass is 493 g/mol. The summed E-state index contributed by atoms with van der Waals surface area (Å²) in [5.41, 5.74) is 1.36. The number of aliphatic hydroxyl groups excluding tert-OH is 1. The van der Waals surface area contributed by atoms with E-state index < -0.39 is 17.7 Å². The Morgan fingerprint density at radius 1 is 0.889 bits per heavy atom. The summed E-state index contributed by atoms with van der Waals surface area (Å²) in [6, 6.07) is 13.8. The highest BCUT2D eigenvalue weighted by Crippen LogP contribution is 2.40. The third-order valence-electron chi connectivity index (χ3n) is 6.25. The quantitative estimate of drug-likeness (QED) is 0.146. The Labute approximate surface area is 214 Å². The first-order chi connectivity index (χ1) is 17.4. The molecule has 1 atom stereocenters. The molecule has 1 aliphatic heterocycles. The number of hydrogen-bond acceptors (Lipinski definition) is 5. The molecule has 0 aromatic heterocycles. The van der Waals surface area contributed by atoms with Crippen molar-refractivity contribution in [3.63, 3.8) is 0 Å². The van der Waals surface area contributed by atoms with Crippen LogP contribution in [0.15, 0.2) is 54.1 Å². The molecule has 194 valence electrons. The number of ether oxygens (including phenoxy) is 2. The Bertz CT molecular complexity index is 1040. The van der Waals surface area contributed by atoms with E-state index in [0.717, 1.165) is 44.1 Å². The Kier molecular flexibility index (Phi) is 9.97. The van der Waals surface area contributed by atoms with Crippen LogP contribution in [0.3, 0.4) is 0 Å². The molecule has 0 saturated carbocycles. The number of likely N-dealkylation sites (tertiary alicyclic amines) is 1. The number of aliphatic hydroxyl groups is 1. The van der Waals surface area contributed by atoms with Gasteiger partial charge in [-0.25, -0.2) is 0 Å². The number of amides is 1. The molecule has 1 fully saturated rings. The van der Waals surface area contributed by atoms with Gasteiger partial charge in [0, 0.05) is 12.1 Å². The van der Waals surface area contributed by atoms with Gasteiger partial charge in [0.05, 0.1) is 24.3 Å². The van der Waals surface area contributed by atoms with Crippen molar-refractivity contribution in [3.8, 4) is 11.5 Å². The predicted molar refractivity (Wildman–Crippen MR) is 142 cm³/mol. The molecule has 3 rings (SSSR count). The van der Waals surface area contributed by atoms with Crippen LogP contribution in [0, 0.1) is 0 Å². The van der Waals surface area contributed by atoms with Crippen LogP contribution in [0.25, 0.3) is 5.76 Å². The molecule has 2 aromatic carbocycles. The lowest BCUT2D eigenvalue weighted by Gasteiger charge is -2.25. The van der Waals surface area contributed by atoms with Crippen molar-refractivity contribution in [3.05, 3.63) is 65.2 Å². The fraction of sp³-hybridized carbons (Fsp3) is 0.467. The smallest absolute Gasteiger partial charge is 0.295 e. The molecule has 6 heteroatoms. The van der Waals surface area contributed by atoms with Crippen molar-refractivity contribution in [1.82, 2.24) is 4.90 Å². The number of unbranched alkanes of at least 4 members (excludes halogenated alkanes) is 4. The Morgan fingerprint density at radius 3 is 2.11 bits per heavy atom. The number of carbonyl (C=O) groups is 2. The fourth-order valence-electron chi connectivity index (χ4n) is 4.40. The van der Waals surface area contributed by atoms with Gasteiger partial charge in [0.15, 0.2) is 0 Å². The number of benzene rings is 2. The summed E-state index contributed by atoms with van der Waals surface area (Å²) in [6.45, 7) is 9.24. The lowest BCUT2D eigenvalue weighted by molar-refractivity contribution is -0.139. The summed E-state index contributed by atoms with van der Waals surface area (Å²) in [6.07, 6.45) is 6.01. The highest BCUT2D eigenvalue weighted by molar-refractivity contribution is 6.46. The zero-order valence-corrected chi connectivity index (χ0v) is 22.0. The van der Waals surface area contributed by atoms with Gasteiger partial charge in [-0.15, -0.1) is 0 Å². The molecule has 1 saturated heterocycles. The number of rotatable bonds is 13. The number of ketones is 1. The summed E-state index contributed by atoms with van der Waals surface area (Å²) in [5.74, 6) is 0.0231. The van der Waals surface area contributed by atoms with E-state index >= 15 is 0 Å². The van der Waals surface area contributed by atoms with Crippen LogP contribution in [-0.4, -0.2) is 41.0 Å². The van der Waals surface area contributed by atoms with Crippen molar-refractivity contribution in [2.24, 2.45) is 0 Å². The standard InChI is InChI=1S/C30H39NO5/c1-5-7-9-19-31-27(22-11-17-25(18-12-22)36-21(3)4)26(29(33)30(31)34)28(32)23-13-15-24(16-14-23)35-20-10-8-6-2/h11-18,21,27,32H,5-10,19-20H2,1-4H3/b28-26-. The lowest BCUT2D eigenvalue weighted by atomic mass is 9.95. The van der Waals surface area contributed by atoms with Gasteiger partial charge in [0.1, 0.15) is 17.3 Å². The van der Waals surface area contributed by atoms with Crippen molar-refractivity contribution in [2.75, 3.05) is 13.2 Å². The molecule has 0 radical (unpaired) electrons. The van der Waals surface area contributed by atoms with Gasteiger partial charge >= 0.3 is 0 Å². The maximum atomic E-state index is 13.2. The first-order valence-electron chi connectivity index (χ1n) is 13.2. The number of Topliss-reactive ketones (excluding diaryl/α,β-unsaturated/α-hetero) is 1. The second-order valence-corrected chi connectivity index (χ2v) is 9.52. The second kappa shape index (κ2) is 13.1. The lowest BCUT2D eigenvalue weighted by Crippen LogP contribution is -2.30. The maximum Gasteiger partial charge on any atom is 0.295 e. The van der Waals surface area contributed by atoms with Gasteiger partial charge in [-0.05, 0) is 68.7 Å². The van der Waals surface area contributed by atoms with E-state index in [1.165, 1.54) is 0 Å². The molecule has 1 amide bonds. The average Bonchev–Trinajstić information content (AvgIpc) is 3.12. The molecule has 1 unspecified atom stereocenters. The van der Waals surface area contributed by atoms with Crippen LogP contribution < -0.4 is 9.47 Å². The summed E-state index contributed by atoms with van der Waals surface area (Å²) in [4.78, 5) is 27.8. The molecule has 1 aliphatic rings. The van der Waals surface area contributed by atoms with E-state index in [1.54, 1.807) is 29.2 Å². The van der Waals surface area contributed by atoms with Crippen molar-refractivity contribution in [2.45, 2.75) is 78.4 Å². The molecule has 0 aliphatic carbocycles. The first kappa shape index (κ1) is 27.3. The minimum Gasteiger partial charge on any atom is -0.507 e. The van der Waals surface area contributed by atoms with E-state index in [2.05, 4.69) is 13.8 Å². The minimum atomic E-state index is -0.656. The molecular formula is C30H39NO5. The van der Waals surface area contributed by atoms with Crippen molar-refractivity contribution >= 4 is 17.4 Å². The SMILES string of the molecule is CCCCCOc1ccc(/C(O)=C2/C(=O)C(=O)N(CCCCC)C2c2ccc(OC(C)C)cc2)cc1. The number of nitrogens with zero attached hydrogens (tertiary/aromatic N) is 1. The largest absolute Gasteiger partial charge is 0.507 e. The Hall–Kier alpha value is -3.28. The summed E-state index contributed by atoms with van der Waals surface area (Å²) in [7, 11) is 0.